The number of benzene rings is 1. The quantitative estimate of drug-likeness (QED) is 0.841. The van der Waals surface area contributed by atoms with Crippen molar-refractivity contribution >= 4 is 16.6 Å². The van der Waals surface area contributed by atoms with E-state index >= 15 is 0 Å². The van der Waals surface area contributed by atoms with Crippen LogP contribution in [-0.2, 0) is 13.0 Å². The van der Waals surface area contributed by atoms with Gasteiger partial charge in [0.2, 0.25) is 0 Å². The molecule has 3 heteroatoms. The van der Waals surface area contributed by atoms with Crippen LogP contribution in [0.25, 0.3) is 10.9 Å². The number of aryl methyl sites for hydroxylation is 1. The summed E-state index contributed by atoms with van der Waals surface area (Å²) in [5.74, 6) is 0. The third-order valence-corrected chi connectivity index (χ3v) is 5.66. The lowest BCUT2D eigenvalue weighted by atomic mass is 10.00. The van der Waals surface area contributed by atoms with Gasteiger partial charge in [0.15, 0.2) is 0 Å². The molecule has 122 valence electrons. The molecule has 0 radical (unpaired) electrons. The van der Waals surface area contributed by atoms with E-state index in [1.807, 2.05) is 0 Å². The van der Waals surface area contributed by atoms with Crippen molar-refractivity contribution in [1.82, 2.24) is 9.88 Å². The zero-order chi connectivity index (χ0) is 15.8. The van der Waals surface area contributed by atoms with E-state index in [1.54, 1.807) is 0 Å². The molecular formula is C20H27N3. The number of aromatic nitrogens is 1. The summed E-state index contributed by atoms with van der Waals surface area (Å²) in [4.78, 5) is 10.1. The Labute approximate surface area is 139 Å². The van der Waals surface area contributed by atoms with Gasteiger partial charge in [-0.1, -0.05) is 44.9 Å². The van der Waals surface area contributed by atoms with Crippen molar-refractivity contribution in [2.45, 2.75) is 58.5 Å². The van der Waals surface area contributed by atoms with Crippen molar-refractivity contribution in [2.24, 2.45) is 0 Å². The second-order valence-electron chi connectivity index (χ2n) is 6.99. The summed E-state index contributed by atoms with van der Waals surface area (Å²) in [6.07, 6.45) is 8.63. The minimum absolute atomic E-state index is 0.707. The Bertz CT molecular complexity index is 703. The second kappa shape index (κ2) is 6.12. The van der Waals surface area contributed by atoms with Gasteiger partial charge in [0.1, 0.15) is 0 Å². The summed E-state index contributed by atoms with van der Waals surface area (Å²) < 4.78 is 0. The molecular weight excluding hydrogens is 282 g/mol. The van der Waals surface area contributed by atoms with E-state index < -0.39 is 0 Å². The van der Waals surface area contributed by atoms with Crippen LogP contribution in [0.4, 0.5) is 5.69 Å². The molecule has 2 heterocycles. The maximum Gasteiger partial charge on any atom is 0.0754 e. The van der Waals surface area contributed by atoms with Crippen LogP contribution in [0.5, 0.6) is 0 Å². The number of hydrogen-bond acceptors (Lipinski definition) is 3. The molecule has 0 saturated heterocycles. The highest BCUT2D eigenvalue weighted by molar-refractivity contribution is 5.95. The van der Waals surface area contributed by atoms with E-state index in [0.717, 1.165) is 26.2 Å². The van der Waals surface area contributed by atoms with Crippen LogP contribution >= 0.6 is 0 Å². The van der Waals surface area contributed by atoms with Gasteiger partial charge in [-0.25, -0.2) is 0 Å². The smallest absolute Gasteiger partial charge is 0.0754 e. The van der Waals surface area contributed by atoms with Gasteiger partial charge in [-0.15, -0.1) is 0 Å². The molecule has 0 atom stereocenters. The first-order chi connectivity index (χ1) is 11.3. The van der Waals surface area contributed by atoms with Gasteiger partial charge in [0, 0.05) is 29.7 Å². The third kappa shape index (κ3) is 2.51. The highest BCUT2D eigenvalue weighted by Gasteiger charge is 2.31. The Morgan fingerprint density at radius 3 is 2.74 bits per heavy atom. The van der Waals surface area contributed by atoms with Crippen LogP contribution < -0.4 is 4.90 Å². The summed E-state index contributed by atoms with van der Waals surface area (Å²) >= 11 is 0. The van der Waals surface area contributed by atoms with E-state index in [0.29, 0.717) is 6.04 Å². The summed E-state index contributed by atoms with van der Waals surface area (Å²) in [6, 6.07) is 7.42. The highest BCUT2D eigenvalue weighted by Crippen LogP contribution is 2.39. The van der Waals surface area contributed by atoms with Gasteiger partial charge in [0.25, 0.3) is 0 Å². The van der Waals surface area contributed by atoms with E-state index in [4.69, 9.17) is 4.98 Å². The van der Waals surface area contributed by atoms with Crippen LogP contribution in [0.2, 0.25) is 0 Å². The van der Waals surface area contributed by atoms with Crippen LogP contribution in [0.1, 0.15) is 50.7 Å². The molecule has 1 aromatic carbocycles. The first-order valence-corrected chi connectivity index (χ1v) is 9.20. The Hall–Kier alpha value is -1.61. The molecule has 0 N–H and O–H groups in total. The SMILES string of the molecule is CCc1cccc2c3c(cnc12)CN(CC)CN3C1CCCC1. The topological polar surface area (TPSA) is 19.4 Å². The molecule has 0 spiro atoms. The van der Waals surface area contributed by atoms with E-state index in [1.165, 1.54) is 53.4 Å². The van der Waals surface area contributed by atoms with Crippen molar-refractivity contribution < 1.29 is 0 Å². The molecule has 23 heavy (non-hydrogen) atoms. The lowest BCUT2D eigenvalue weighted by molar-refractivity contribution is 0.255. The van der Waals surface area contributed by atoms with Gasteiger partial charge < -0.3 is 4.90 Å². The van der Waals surface area contributed by atoms with Gasteiger partial charge in [-0.3, -0.25) is 9.88 Å². The fourth-order valence-electron chi connectivity index (χ4n) is 4.35. The molecule has 1 aliphatic carbocycles. The second-order valence-corrected chi connectivity index (χ2v) is 6.99. The molecule has 3 nitrogen and oxygen atoms in total. The van der Waals surface area contributed by atoms with Gasteiger partial charge in [-0.05, 0) is 31.4 Å². The number of fused-ring (bicyclic) bond motifs is 3. The van der Waals surface area contributed by atoms with E-state index in [9.17, 15) is 0 Å². The summed E-state index contributed by atoms with van der Waals surface area (Å²) in [5, 5.41) is 1.37. The lowest BCUT2D eigenvalue weighted by Crippen LogP contribution is -2.46. The summed E-state index contributed by atoms with van der Waals surface area (Å²) in [6.45, 7) is 7.71. The number of anilines is 1. The average Bonchev–Trinajstić information content (AvgIpc) is 3.14. The summed E-state index contributed by atoms with van der Waals surface area (Å²) in [7, 11) is 0. The maximum absolute atomic E-state index is 4.84. The minimum atomic E-state index is 0.707. The number of rotatable bonds is 3. The number of para-hydroxylation sites is 1. The molecule has 2 aromatic rings. The highest BCUT2D eigenvalue weighted by atomic mass is 15.3. The molecule has 2 aliphatic rings. The normalized spacial score (nSPS) is 19.5. The fraction of sp³-hybridized carbons (Fsp3) is 0.550. The zero-order valence-corrected chi connectivity index (χ0v) is 14.4. The van der Waals surface area contributed by atoms with Crippen LogP contribution in [0.15, 0.2) is 24.4 Å². The van der Waals surface area contributed by atoms with Gasteiger partial charge in [-0.2, -0.15) is 0 Å². The monoisotopic (exact) mass is 309 g/mol. The zero-order valence-electron chi connectivity index (χ0n) is 14.4. The molecule has 1 aliphatic heterocycles. The summed E-state index contributed by atoms with van der Waals surface area (Å²) in [5.41, 5.74) is 5.46. The first-order valence-electron chi connectivity index (χ1n) is 9.20. The van der Waals surface area contributed by atoms with Crippen molar-refractivity contribution in [3.8, 4) is 0 Å². The molecule has 0 amide bonds. The Balaban J connectivity index is 1.89. The maximum atomic E-state index is 4.84. The van der Waals surface area contributed by atoms with Crippen LogP contribution in [0, 0.1) is 0 Å². The van der Waals surface area contributed by atoms with Crippen LogP contribution in [-0.4, -0.2) is 29.1 Å². The van der Waals surface area contributed by atoms with Crippen LogP contribution in [0.3, 0.4) is 0 Å². The molecule has 4 rings (SSSR count). The first kappa shape index (κ1) is 14.9. The Morgan fingerprint density at radius 1 is 1.17 bits per heavy atom. The predicted molar refractivity (Wildman–Crippen MR) is 96.8 cm³/mol. The Morgan fingerprint density at radius 2 is 2.00 bits per heavy atom. The largest absolute Gasteiger partial charge is 0.355 e. The molecule has 1 saturated carbocycles. The minimum Gasteiger partial charge on any atom is -0.355 e. The standard InChI is InChI=1S/C20H27N3/c1-3-15-8-7-11-18-19(15)21-12-16-13-22(4-2)14-23(20(16)18)17-9-5-6-10-17/h7-8,11-12,17H,3-6,9-10,13-14H2,1-2H3. The molecule has 1 aromatic heterocycles. The van der Waals surface area contributed by atoms with Gasteiger partial charge >= 0.3 is 0 Å². The van der Waals surface area contributed by atoms with Crippen molar-refractivity contribution in [3.05, 3.63) is 35.5 Å². The number of hydrogen-bond donors (Lipinski definition) is 0. The average molecular weight is 309 g/mol. The van der Waals surface area contributed by atoms with E-state index in [-0.39, 0.29) is 0 Å². The fourth-order valence-corrected chi connectivity index (χ4v) is 4.35. The van der Waals surface area contributed by atoms with Crippen molar-refractivity contribution in [3.63, 3.8) is 0 Å². The molecule has 1 fully saturated rings. The Kier molecular flexibility index (Phi) is 3.98. The van der Waals surface area contributed by atoms with Gasteiger partial charge in [0.05, 0.1) is 17.9 Å². The van der Waals surface area contributed by atoms with Crippen molar-refractivity contribution in [1.29, 1.82) is 0 Å². The molecule has 0 bridgehead atoms. The number of pyridine rings is 1. The van der Waals surface area contributed by atoms with Crippen molar-refractivity contribution in [2.75, 3.05) is 18.1 Å². The molecule has 0 unspecified atom stereocenters. The predicted octanol–water partition coefficient (Wildman–Crippen LogP) is 4.34. The third-order valence-electron chi connectivity index (χ3n) is 5.66. The lowest BCUT2D eigenvalue weighted by Gasteiger charge is -2.42. The van der Waals surface area contributed by atoms with E-state index in [2.05, 4.69) is 48.0 Å². The number of nitrogens with zero attached hydrogens (tertiary/aromatic N) is 3.